The van der Waals surface area contributed by atoms with E-state index in [-0.39, 0.29) is 0 Å². The van der Waals surface area contributed by atoms with E-state index in [2.05, 4.69) is 64.3 Å². The van der Waals surface area contributed by atoms with Crippen LogP contribution in [-0.2, 0) is 13.0 Å². The number of nitrogens with one attached hydrogen (secondary N) is 1. The van der Waals surface area contributed by atoms with Gasteiger partial charge in [0.25, 0.3) is 0 Å². The molecule has 126 valence electrons. The van der Waals surface area contributed by atoms with E-state index in [0.29, 0.717) is 6.04 Å². The van der Waals surface area contributed by atoms with Gasteiger partial charge in [-0.15, -0.1) is 0 Å². The van der Waals surface area contributed by atoms with E-state index in [1.54, 1.807) is 0 Å². The monoisotopic (exact) mass is 323 g/mol. The SMILES string of the molecule is CCn1cc(CCNC(C)c2ccc(-n3ccnc3C)cc2)cn1. The molecular formula is C19H25N5. The van der Waals surface area contributed by atoms with Gasteiger partial charge in [-0.2, -0.15) is 5.10 Å². The van der Waals surface area contributed by atoms with Crippen LogP contribution in [0.1, 0.15) is 36.8 Å². The minimum absolute atomic E-state index is 0.323. The van der Waals surface area contributed by atoms with E-state index in [0.717, 1.165) is 31.0 Å². The highest BCUT2D eigenvalue weighted by atomic mass is 15.3. The van der Waals surface area contributed by atoms with Crippen molar-refractivity contribution in [3.05, 3.63) is 66.0 Å². The second-order valence-corrected chi connectivity index (χ2v) is 6.07. The van der Waals surface area contributed by atoms with E-state index in [1.807, 2.05) is 30.2 Å². The van der Waals surface area contributed by atoms with E-state index in [9.17, 15) is 0 Å². The fourth-order valence-electron chi connectivity index (χ4n) is 2.83. The zero-order valence-electron chi connectivity index (χ0n) is 14.6. The third-order valence-corrected chi connectivity index (χ3v) is 4.37. The summed E-state index contributed by atoms with van der Waals surface area (Å²) in [5.41, 5.74) is 3.72. The molecule has 0 amide bonds. The topological polar surface area (TPSA) is 47.7 Å². The van der Waals surface area contributed by atoms with E-state index in [4.69, 9.17) is 0 Å². The number of aryl methyl sites for hydroxylation is 2. The highest BCUT2D eigenvalue weighted by molar-refractivity contribution is 5.36. The van der Waals surface area contributed by atoms with Crippen LogP contribution < -0.4 is 5.32 Å². The first-order chi connectivity index (χ1) is 11.7. The van der Waals surface area contributed by atoms with Crippen molar-refractivity contribution in [1.29, 1.82) is 0 Å². The van der Waals surface area contributed by atoms with Crippen molar-refractivity contribution in [2.45, 2.75) is 39.8 Å². The average molecular weight is 323 g/mol. The summed E-state index contributed by atoms with van der Waals surface area (Å²) in [4.78, 5) is 4.27. The van der Waals surface area contributed by atoms with Gasteiger partial charge in [0.1, 0.15) is 5.82 Å². The molecule has 1 N–H and O–H groups in total. The van der Waals surface area contributed by atoms with Crippen LogP contribution in [0.3, 0.4) is 0 Å². The fourth-order valence-corrected chi connectivity index (χ4v) is 2.83. The molecule has 0 aliphatic carbocycles. The third kappa shape index (κ3) is 3.74. The van der Waals surface area contributed by atoms with E-state index >= 15 is 0 Å². The molecule has 3 rings (SSSR count). The van der Waals surface area contributed by atoms with Crippen LogP contribution in [0.25, 0.3) is 5.69 Å². The Hall–Kier alpha value is -2.40. The van der Waals surface area contributed by atoms with Crippen molar-refractivity contribution in [3.8, 4) is 5.69 Å². The quantitative estimate of drug-likeness (QED) is 0.726. The summed E-state index contributed by atoms with van der Waals surface area (Å²) in [5, 5.41) is 7.90. The Balaban J connectivity index is 1.55. The molecule has 2 heterocycles. The van der Waals surface area contributed by atoms with Crippen LogP contribution in [-0.4, -0.2) is 25.9 Å². The summed E-state index contributed by atoms with van der Waals surface area (Å²) < 4.78 is 4.06. The maximum Gasteiger partial charge on any atom is 0.110 e. The number of nitrogens with zero attached hydrogens (tertiary/aromatic N) is 4. The second kappa shape index (κ2) is 7.45. The molecule has 0 spiro atoms. The van der Waals surface area contributed by atoms with E-state index < -0.39 is 0 Å². The minimum atomic E-state index is 0.323. The lowest BCUT2D eigenvalue weighted by atomic mass is 10.1. The van der Waals surface area contributed by atoms with Crippen molar-refractivity contribution in [2.24, 2.45) is 0 Å². The van der Waals surface area contributed by atoms with Gasteiger partial charge in [-0.3, -0.25) is 4.68 Å². The number of imidazole rings is 1. The average Bonchev–Trinajstić information content (AvgIpc) is 3.23. The zero-order chi connectivity index (χ0) is 16.9. The maximum atomic E-state index is 4.31. The van der Waals surface area contributed by atoms with Gasteiger partial charge in [0.05, 0.1) is 6.20 Å². The maximum absolute atomic E-state index is 4.31. The predicted molar refractivity (Wildman–Crippen MR) is 96.3 cm³/mol. The first kappa shape index (κ1) is 16.5. The van der Waals surface area contributed by atoms with Crippen molar-refractivity contribution in [1.82, 2.24) is 24.6 Å². The van der Waals surface area contributed by atoms with Crippen LogP contribution in [0.4, 0.5) is 0 Å². The lowest BCUT2D eigenvalue weighted by Gasteiger charge is -2.15. The molecule has 2 aromatic heterocycles. The smallest absolute Gasteiger partial charge is 0.110 e. The molecule has 0 bridgehead atoms. The molecule has 1 atom stereocenters. The summed E-state index contributed by atoms with van der Waals surface area (Å²) in [5.74, 6) is 1.00. The summed E-state index contributed by atoms with van der Waals surface area (Å²) in [6, 6.07) is 8.98. The van der Waals surface area contributed by atoms with Gasteiger partial charge >= 0.3 is 0 Å². The molecule has 5 heteroatoms. The van der Waals surface area contributed by atoms with Gasteiger partial charge in [-0.05, 0) is 57.0 Å². The molecule has 1 unspecified atom stereocenters. The molecular weight excluding hydrogens is 298 g/mol. The highest BCUT2D eigenvalue weighted by Gasteiger charge is 2.06. The van der Waals surface area contributed by atoms with Crippen LogP contribution in [0.15, 0.2) is 49.1 Å². The predicted octanol–water partition coefficient (Wildman–Crippen LogP) is 3.29. The summed E-state index contributed by atoms with van der Waals surface area (Å²) in [6.45, 7) is 8.18. The lowest BCUT2D eigenvalue weighted by Crippen LogP contribution is -2.21. The van der Waals surface area contributed by atoms with Gasteiger partial charge in [-0.25, -0.2) is 4.98 Å². The molecule has 0 radical (unpaired) electrons. The molecule has 0 saturated carbocycles. The molecule has 1 aromatic carbocycles. The molecule has 0 aliphatic heterocycles. The van der Waals surface area contributed by atoms with Crippen molar-refractivity contribution in [3.63, 3.8) is 0 Å². The molecule has 0 aliphatic rings. The van der Waals surface area contributed by atoms with Crippen molar-refractivity contribution in [2.75, 3.05) is 6.54 Å². The molecule has 3 aromatic rings. The number of hydrogen-bond acceptors (Lipinski definition) is 3. The first-order valence-corrected chi connectivity index (χ1v) is 8.52. The Morgan fingerprint density at radius 3 is 2.62 bits per heavy atom. The normalized spacial score (nSPS) is 12.5. The fraction of sp³-hybridized carbons (Fsp3) is 0.368. The van der Waals surface area contributed by atoms with Crippen LogP contribution in [0.2, 0.25) is 0 Å². The second-order valence-electron chi connectivity index (χ2n) is 6.07. The largest absolute Gasteiger partial charge is 0.310 e. The summed E-state index contributed by atoms with van der Waals surface area (Å²) in [7, 11) is 0. The molecule has 0 saturated heterocycles. The first-order valence-electron chi connectivity index (χ1n) is 8.52. The Bertz CT molecular complexity index is 769. The Morgan fingerprint density at radius 2 is 2.00 bits per heavy atom. The van der Waals surface area contributed by atoms with Crippen LogP contribution in [0.5, 0.6) is 0 Å². The van der Waals surface area contributed by atoms with Gasteiger partial charge < -0.3 is 9.88 Å². The third-order valence-electron chi connectivity index (χ3n) is 4.37. The van der Waals surface area contributed by atoms with Crippen molar-refractivity contribution >= 4 is 0 Å². The zero-order valence-corrected chi connectivity index (χ0v) is 14.6. The standard InChI is InChI=1S/C19H25N5/c1-4-23-14-17(13-22-23)9-10-20-15(2)18-5-7-19(8-6-18)24-12-11-21-16(24)3/h5-8,11-15,20H,4,9-10H2,1-3H3. The van der Waals surface area contributed by atoms with Crippen LogP contribution in [0, 0.1) is 6.92 Å². The Labute approximate surface area is 143 Å². The van der Waals surface area contributed by atoms with Gasteiger partial charge in [0.2, 0.25) is 0 Å². The lowest BCUT2D eigenvalue weighted by molar-refractivity contribution is 0.576. The summed E-state index contributed by atoms with van der Waals surface area (Å²) >= 11 is 0. The molecule has 0 fully saturated rings. The number of benzene rings is 1. The Kier molecular flexibility index (Phi) is 5.11. The van der Waals surface area contributed by atoms with Crippen molar-refractivity contribution < 1.29 is 0 Å². The van der Waals surface area contributed by atoms with Crippen LogP contribution >= 0.6 is 0 Å². The molecule has 24 heavy (non-hydrogen) atoms. The highest BCUT2D eigenvalue weighted by Crippen LogP contribution is 2.16. The molecule has 5 nitrogen and oxygen atoms in total. The number of hydrogen-bond donors (Lipinski definition) is 1. The number of aromatic nitrogens is 4. The summed E-state index contributed by atoms with van der Waals surface area (Å²) in [6.07, 6.45) is 8.89. The van der Waals surface area contributed by atoms with Gasteiger partial charge in [0.15, 0.2) is 0 Å². The number of rotatable bonds is 7. The van der Waals surface area contributed by atoms with Gasteiger partial charge in [-0.1, -0.05) is 12.1 Å². The van der Waals surface area contributed by atoms with E-state index in [1.165, 1.54) is 11.1 Å². The van der Waals surface area contributed by atoms with Gasteiger partial charge in [0, 0.05) is 36.9 Å². The Morgan fingerprint density at radius 1 is 1.21 bits per heavy atom. The minimum Gasteiger partial charge on any atom is -0.310 e.